The van der Waals surface area contributed by atoms with Gasteiger partial charge in [-0.2, -0.15) is 0 Å². The SMILES string of the molecule is Cc1ccc(S(=O)(=O)N(CC(=O)Nc2cc(Cl)cc(Cl)c2)c2ccc(C(C)C)cc2)cc1. The molecule has 0 atom stereocenters. The van der Waals surface area contributed by atoms with E-state index in [9.17, 15) is 13.2 Å². The Labute approximate surface area is 199 Å². The summed E-state index contributed by atoms with van der Waals surface area (Å²) >= 11 is 12.0. The highest BCUT2D eigenvalue weighted by molar-refractivity contribution is 7.92. The van der Waals surface area contributed by atoms with Crippen LogP contribution in [0.2, 0.25) is 10.0 Å². The third kappa shape index (κ3) is 5.82. The van der Waals surface area contributed by atoms with Crippen LogP contribution in [0, 0.1) is 6.92 Å². The second kappa shape index (κ2) is 9.94. The smallest absolute Gasteiger partial charge is 0.264 e. The highest BCUT2D eigenvalue weighted by Crippen LogP contribution is 2.27. The van der Waals surface area contributed by atoms with E-state index in [-0.39, 0.29) is 4.90 Å². The van der Waals surface area contributed by atoms with Gasteiger partial charge in [0.25, 0.3) is 10.0 Å². The summed E-state index contributed by atoms with van der Waals surface area (Å²) in [4.78, 5) is 12.9. The van der Waals surface area contributed by atoms with E-state index < -0.39 is 22.5 Å². The van der Waals surface area contributed by atoms with Crippen LogP contribution >= 0.6 is 23.2 Å². The van der Waals surface area contributed by atoms with Crippen molar-refractivity contribution < 1.29 is 13.2 Å². The first-order valence-electron chi connectivity index (χ1n) is 10.0. The number of amides is 1. The highest BCUT2D eigenvalue weighted by Gasteiger charge is 2.27. The van der Waals surface area contributed by atoms with Crippen molar-refractivity contribution in [3.8, 4) is 0 Å². The Hall–Kier alpha value is -2.54. The predicted molar refractivity (Wildman–Crippen MR) is 131 cm³/mol. The first kappa shape index (κ1) is 24.1. The second-order valence-electron chi connectivity index (χ2n) is 7.78. The average molecular weight is 491 g/mol. The lowest BCUT2D eigenvalue weighted by Crippen LogP contribution is -2.38. The van der Waals surface area contributed by atoms with Crippen molar-refractivity contribution in [2.45, 2.75) is 31.6 Å². The van der Waals surface area contributed by atoms with Crippen LogP contribution in [0.1, 0.15) is 30.9 Å². The maximum Gasteiger partial charge on any atom is 0.264 e. The number of nitrogens with one attached hydrogen (secondary N) is 1. The van der Waals surface area contributed by atoms with E-state index in [2.05, 4.69) is 19.2 Å². The fourth-order valence-electron chi connectivity index (χ4n) is 3.13. The Balaban J connectivity index is 1.96. The molecular formula is C24H24Cl2N2O3S. The van der Waals surface area contributed by atoms with Gasteiger partial charge in [0.05, 0.1) is 10.6 Å². The number of sulfonamides is 1. The van der Waals surface area contributed by atoms with Crippen LogP contribution in [0.25, 0.3) is 0 Å². The van der Waals surface area contributed by atoms with E-state index in [1.54, 1.807) is 42.5 Å². The van der Waals surface area contributed by atoms with Gasteiger partial charge in [-0.1, -0.05) is 66.9 Å². The van der Waals surface area contributed by atoms with Gasteiger partial charge in [0.2, 0.25) is 5.91 Å². The monoisotopic (exact) mass is 490 g/mol. The molecule has 0 saturated heterocycles. The summed E-state index contributed by atoms with van der Waals surface area (Å²) in [5.74, 6) is -0.228. The van der Waals surface area contributed by atoms with Gasteiger partial charge < -0.3 is 5.32 Å². The molecule has 0 radical (unpaired) electrons. The number of carbonyl (C=O) groups is 1. The number of aryl methyl sites for hydroxylation is 1. The molecule has 168 valence electrons. The molecule has 0 saturated carbocycles. The number of hydrogen-bond acceptors (Lipinski definition) is 3. The van der Waals surface area contributed by atoms with E-state index in [1.807, 2.05) is 19.1 Å². The summed E-state index contributed by atoms with van der Waals surface area (Å²) in [6.45, 7) is 5.57. The zero-order chi connectivity index (χ0) is 23.5. The van der Waals surface area contributed by atoms with E-state index in [0.717, 1.165) is 15.4 Å². The minimum Gasteiger partial charge on any atom is -0.324 e. The lowest BCUT2D eigenvalue weighted by Gasteiger charge is -2.24. The first-order valence-corrected chi connectivity index (χ1v) is 12.2. The normalized spacial score (nSPS) is 11.4. The molecule has 1 N–H and O–H groups in total. The minimum atomic E-state index is -3.99. The van der Waals surface area contributed by atoms with Crippen LogP contribution in [0.3, 0.4) is 0 Å². The minimum absolute atomic E-state index is 0.106. The Kier molecular flexibility index (Phi) is 7.49. The van der Waals surface area contributed by atoms with Gasteiger partial charge in [-0.15, -0.1) is 0 Å². The standard InChI is InChI=1S/C24H24Cl2N2O3S/c1-16(2)18-6-8-22(9-7-18)28(32(30,31)23-10-4-17(3)5-11-23)15-24(29)27-21-13-19(25)12-20(26)14-21/h4-14,16H,15H2,1-3H3,(H,27,29). The number of hydrogen-bond donors (Lipinski definition) is 1. The lowest BCUT2D eigenvalue weighted by molar-refractivity contribution is -0.114. The molecule has 8 heteroatoms. The molecule has 0 bridgehead atoms. The Bertz CT molecular complexity index is 1190. The topological polar surface area (TPSA) is 66.5 Å². The van der Waals surface area contributed by atoms with Crippen molar-refractivity contribution in [3.05, 3.63) is 87.9 Å². The zero-order valence-corrected chi connectivity index (χ0v) is 20.3. The molecule has 5 nitrogen and oxygen atoms in total. The molecule has 1 amide bonds. The van der Waals surface area contributed by atoms with Crippen LogP contribution in [-0.4, -0.2) is 20.9 Å². The van der Waals surface area contributed by atoms with Gasteiger partial charge in [0.1, 0.15) is 6.54 Å². The number of nitrogens with zero attached hydrogens (tertiary/aromatic N) is 1. The summed E-state index contributed by atoms with van der Waals surface area (Å²) in [5.41, 5.74) is 2.79. The molecule has 0 unspecified atom stereocenters. The number of anilines is 2. The quantitative estimate of drug-likeness (QED) is 0.424. The van der Waals surface area contributed by atoms with Crippen LogP contribution in [0.5, 0.6) is 0 Å². The molecule has 0 aromatic heterocycles. The molecule has 0 fully saturated rings. The summed E-state index contributed by atoms with van der Waals surface area (Å²) in [6, 6.07) is 18.3. The van der Waals surface area contributed by atoms with Crippen molar-refractivity contribution in [1.29, 1.82) is 0 Å². The molecule has 0 spiro atoms. The summed E-state index contributed by atoms with van der Waals surface area (Å²) < 4.78 is 28.0. The summed E-state index contributed by atoms with van der Waals surface area (Å²) in [7, 11) is -3.99. The van der Waals surface area contributed by atoms with E-state index in [0.29, 0.717) is 27.3 Å². The zero-order valence-electron chi connectivity index (χ0n) is 18.0. The Morgan fingerprint density at radius 3 is 2.03 bits per heavy atom. The van der Waals surface area contributed by atoms with E-state index >= 15 is 0 Å². The van der Waals surface area contributed by atoms with Crippen LogP contribution in [0.4, 0.5) is 11.4 Å². The first-order chi connectivity index (χ1) is 15.1. The Morgan fingerprint density at radius 1 is 0.938 bits per heavy atom. The van der Waals surface area contributed by atoms with Gasteiger partial charge in [0.15, 0.2) is 0 Å². The van der Waals surface area contributed by atoms with Gasteiger partial charge >= 0.3 is 0 Å². The number of carbonyl (C=O) groups excluding carboxylic acids is 1. The molecule has 0 aliphatic heterocycles. The summed E-state index contributed by atoms with van der Waals surface area (Å²) in [5, 5.41) is 3.40. The second-order valence-corrected chi connectivity index (χ2v) is 10.5. The molecule has 0 heterocycles. The van der Waals surface area contributed by atoms with Crippen LogP contribution < -0.4 is 9.62 Å². The maximum absolute atomic E-state index is 13.5. The molecular weight excluding hydrogens is 467 g/mol. The van der Waals surface area contributed by atoms with Crippen LogP contribution in [-0.2, 0) is 14.8 Å². The number of benzene rings is 3. The third-order valence-corrected chi connectivity index (χ3v) is 7.11. The molecule has 3 aromatic rings. The fraction of sp³-hybridized carbons (Fsp3) is 0.208. The van der Waals surface area contributed by atoms with E-state index in [4.69, 9.17) is 23.2 Å². The molecule has 0 aliphatic rings. The van der Waals surface area contributed by atoms with Gasteiger partial charge in [-0.3, -0.25) is 9.10 Å². The predicted octanol–water partition coefficient (Wildman–Crippen LogP) is 6.26. The third-order valence-electron chi connectivity index (χ3n) is 4.89. The molecule has 3 rings (SSSR count). The van der Waals surface area contributed by atoms with Crippen LogP contribution in [0.15, 0.2) is 71.6 Å². The van der Waals surface area contributed by atoms with Gasteiger partial charge in [-0.25, -0.2) is 8.42 Å². The van der Waals surface area contributed by atoms with E-state index in [1.165, 1.54) is 12.1 Å². The average Bonchev–Trinajstić information content (AvgIpc) is 2.71. The van der Waals surface area contributed by atoms with Crippen molar-refractivity contribution in [2.75, 3.05) is 16.2 Å². The van der Waals surface area contributed by atoms with Crippen molar-refractivity contribution in [1.82, 2.24) is 0 Å². The van der Waals surface area contributed by atoms with Crippen molar-refractivity contribution in [3.63, 3.8) is 0 Å². The fourth-order valence-corrected chi connectivity index (χ4v) is 5.08. The Morgan fingerprint density at radius 2 is 1.50 bits per heavy atom. The van der Waals surface area contributed by atoms with Gasteiger partial charge in [0, 0.05) is 15.7 Å². The number of rotatable bonds is 7. The molecule has 3 aromatic carbocycles. The summed E-state index contributed by atoms with van der Waals surface area (Å²) in [6.07, 6.45) is 0. The van der Waals surface area contributed by atoms with Crippen molar-refractivity contribution in [2.24, 2.45) is 0 Å². The number of halogens is 2. The van der Waals surface area contributed by atoms with Crippen molar-refractivity contribution >= 4 is 50.5 Å². The maximum atomic E-state index is 13.5. The largest absolute Gasteiger partial charge is 0.324 e. The lowest BCUT2D eigenvalue weighted by atomic mass is 10.0. The molecule has 32 heavy (non-hydrogen) atoms. The molecule has 0 aliphatic carbocycles. The van der Waals surface area contributed by atoms with Gasteiger partial charge in [-0.05, 0) is 60.9 Å². The highest BCUT2D eigenvalue weighted by atomic mass is 35.5.